The highest BCUT2D eigenvalue weighted by Crippen LogP contribution is 2.21. The zero-order chi connectivity index (χ0) is 14.8. The Kier molecular flexibility index (Phi) is 4.54. The third-order valence-corrected chi connectivity index (χ3v) is 4.55. The maximum absolute atomic E-state index is 12.1. The van der Waals surface area contributed by atoms with Crippen LogP contribution < -0.4 is 10.5 Å². The maximum Gasteiger partial charge on any atom is 0.301 e. The van der Waals surface area contributed by atoms with Crippen LogP contribution in [0.15, 0.2) is 18.2 Å². The summed E-state index contributed by atoms with van der Waals surface area (Å²) in [6.07, 6.45) is 0. The van der Waals surface area contributed by atoms with Crippen molar-refractivity contribution in [2.45, 2.75) is 26.8 Å². The van der Waals surface area contributed by atoms with E-state index in [-0.39, 0.29) is 11.9 Å². The van der Waals surface area contributed by atoms with Crippen LogP contribution in [0.2, 0.25) is 0 Å². The fraction of sp³-hybridized carbons (Fsp3) is 0.417. The zero-order valence-electron chi connectivity index (χ0n) is 11.6. The quantitative estimate of drug-likeness (QED) is 0.561. The highest BCUT2D eigenvalue weighted by Gasteiger charge is 2.22. The lowest BCUT2D eigenvalue weighted by atomic mass is 10.1. The number of amidine groups is 1. The number of hydrogen-bond donors (Lipinski definition) is 3. The molecular weight excluding hydrogens is 264 g/mol. The van der Waals surface area contributed by atoms with Crippen molar-refractivity contribution in [2.24, 2.45) is 5.73 Å². The Morgan fingerprint density at radius 3 is 2.47 bits per heavy atom. The molecule has 0 spiro atoms. The molecule has 0 atom stereocenters. The van der Waals surface area contributed by atoms with Crippen molar-refractivity contribution in [3.63, 3.8) is 0 Å². The van der Waals surface area contributed by atoms with Gasteiger partial charge >= 0.3 is 10.2 Å². The number of anilines is 1. The summed E-state index contributed by atoms with van der Waals surface area (Å²) in [6, 6.07) is 4.92. The molecule has 1 aromatic rings. The van der Waals surface area contributed by atoms with Crippen LogP contribution in [-0.4, -0.2) is 31.6 Å². The first-order valence-electron chi connectivity index (χ1n) is 5.86. The molecule has 7 heteroatoms. The molecular formula is C12H20N4O2S. The van der Waals surface area contributed by atoms with Gasteiger partial charge in [-0.2, -0.15) is 12.7 Å². The number of nitrogens with zero attached hydrogens (tertiary/aromatic N) is 1. The average molecular weight is 284 g/mol. The van der Waals surface area contributed by atoms with Crippen molar-refractivity contribution in [1.82, 2.24) is 4.31 Å². The van der Waals surface area contributed by atoms with E-state index in [1.165, 1.54) is 11.4 Å². The summed E-state index contributed by atoms with van der Waals surface area (Å²) in [5.41, 5.74) is 6.98. The van der Waals surface area contributed by atoms with E-state index in [2.05, 4.69) is 4.72 Å². The van der Waals surface area contributed by atoms with Crippen LogP contribution in [0.4, 0.5) is 5.69 Å². The molecule has 0 unspecified atom stereocenters. The van der Waals surface area contributed by atoms with Crippen LogP contribution in [0.25, 0.3) is 0 Å². The Hall–Kier alpha value is -1.60. The van der Waals surface area contributed by atoms with E-state index in [0.29, 0.717) is 11.3 Å². The second-order valence-corrected chi connectivity index (χ2v) is 6.36. The molecule has 1 rings (SSSR count). The summed E-state index contributed by atoms with van der Waals surface area (Å²) < 4.78 is 28.0. The minimum atomic E-state index is -3.65. The van der Waals surface area contributed by atoms with Crippen molar-refractivity contribution >= 4 is 21.7 Å². The minimum absolute atomic E-state index is 0.164. The van der Waals surface area contributed by atoms with Crippen LogP contribution in [0.1, 0.15) is 25.0 Å². The monoisotopic (exact) mass is 284 g/mol. The summed E-state index contributed by atoms with van der Waals surface area (Å²) in [7, 11) is -2.16. The minimum Gasteiger partial charge on any atom is -0.384 e. The fourth-order valence-electron chi connectivity index (χ4n) is 1.60. The molecule has 19 heavy (non-hydrogen) atoms. The van der Waals surface area contributed by atoms with E-state index in [9.17, 15) is 8.42 Å². The Bertz CT molecular complexity index is 581. The van der Waals surface area contributed by atoms with Crippen molar-refractivity contribution in [3.8, 4) is 0 Å². The molecule has 0 saturated heterocycles. The number of nitrogens with two attached hydrogens (primary N) is 1. The number of benzene rings is 1. The van der Waals surface area contributed by atoms with Gasteiger partial charge in [-0.05, 0) is 32.4 Å². The molecule has 0 aliphatic rings. The van der Waals surface area contributed by atoms with Crippen molar-refractivity contribution in [3.05, 3.63) is 29.3 Å². The van der Waals surface area contributed by atoms with Crippen molar-refractivity contribution in [2.75, 3.05) is 11.8 Å². The van der Waals surface area contributed by atoms with Crippen molar-refractivity contribution < 1.29 is 8.42 Å². The van der Waals surface area contributed by atoms with Gasteiger partial charge in [0.25, 0.3) is 0 Å². The number of nitrogens with one attached hydrogen (secondary N) is 2. The molecule has 0 saturated carbocycles. The number of rotatable bonds is 5. The van der Waals surface area contributed by atoms with E-state index in [1.54, 1.807) is 39.0 Å². The lowest BCUT2D eigenvalue weighted by molar-refractivity contribution is 0.414. The van der Waals surface area contributed by atoms with Gasteiger partial charge in [0, 0.05) is 18.7 Å². The summed E-state index contributed by atoms with van der Waals surface area (Å²) in [5, 5.41) is 7.55. The molecule has 0 fully saturated rings. The molecule has 4 N–H and O–H groups in total. The Labute approximate surface area is 114 Å². The molecule has 6 nitrogen and oxygen atoms in total. The fourth-order valence-corrected chi connectivity index (χ4v) is 2.75. The summed E-state index contributed by atoms with van der Waals surface area (Å²) in [6.45, 7) is 5.34. The molecule has 0 radical (unpaired) electrons. The van der Waals surface area contributed by atoms with Gasteiger partial charge in [0.1, 0.15) is 5.84 Å². The second kappa shape index (κ2) is 5.58. The highest BCUT2D eigenvalue weighted by atomic mass is 32.2. The van der Waals surface area contributed by atoms with Gasteiger partial charge in [-0.1, -0.05) is 12.1 Å². The Morgan fingerprint density at radius 1 is 1.42 bits per heavy atom. The summed E-state index contributed by atoms with van der Waals surface area (Å²) in [4.78, 5) is 0. The molecule has 0 aliphatic carbocycles. The first-order valence-corrected chi connectivity index (χ1v) is 7.30. The van der Waals surface area contributed by atoms with Gasteiger partial charge in [0.05, 0.1) is 5.69 Å². The van der Waals surface area contributed by atoms with E-state index >= 15 is 0 Å². The molecule has 106 valence electrons. The van der Waals surface area contributed by atoms with Crippen LogP contribution in [0.5, 0.6) is 0 Å². The molecule has 0 bridgehead atoms. The van der Waals surface area contributed by atoms with Crippen LogP contribution in [0.3, 0.4) is 0 Å². The molecule has 0 heterocycles. The van der Waals surface area contributed by atoms with Crippen LogP contribution >= 0.6 is 0 Å². The van der Waals surface area contributed by atoms with Crippen LogP contribution in [0, 0.1) is 12.3 Å². The highest BCUT2D eigenvalue weighted by molar-refractivity contribution is 7.90. The van der Waals surface area contributed by atoms with Gasteiger partial charge in [0.15, 0.2) is 0 Å². The SMILES string of the molecule is Cc1cccc(NS(=O)(=O)N(C)C(C)C)c1C(=N)N. The van der Waals surface area contributed by atoms with Gasteiger partial charge < -0.3 is 5.73 Å². The average Bonchev–Trinajstić information content (AvgIpc) is 2.26. The lowest BCUT2D eigenvalue weighted by Gasteiger charge is -2.23. The second-order valence-electron chi connectivity index (χ2n) is 4.63. The van der Waals surface area contributed by atoms with E-state index in [0.717, 1.165) is 5.56 Å². The number of hydrogen-bond acceptors (Lipinski definition) is 3. The first kappa shape index (κ1) is 15.5. The first-order chi connectivity index (χ1) is 8.66. The molecule has 0 aliphatic heterocycles. The number of aryl methyl sites for hydroxylation is 1. The standard InChI is InChI=1S/C12H20N4O2S/c1-8(2)16(4)19(17,18)15-10-7-5-6-9(3)11(10)12(13)14/h5-8,15H,1-4H3,(H3,13,14). The topological polar surface area (TPSA) is 99.3 Å². The van der Waals surface area contributed by atoms with Crippen molar-refractivity contribution in [1.29, 1.82) is 5.41 Å². The van der Waals surface area contributed by atoms with Gasteiger partial charge in [-0.3, -0.25) is 10.1 Å². The predicted molar refractivity (Wildman–Crippen MR) is 77.6 cm³/mol. The van der Waals surface area contributed by atoms with Gasteiger partial charge in [-0.15, -0.1) is 0 Å². The summed E-state index contributed by atoms with van der Waals surface area (Å²) >= 11 is 0. The van der Waals surface area contributed by atoms with E-state index in [1.807, 2.05) is 0 Å². The summed E-state index contributed by atoms with van der Waals surface area (Å²) in [5.74, 6) is -0.164. The van der Waals surface area contributed by atoms with E-state index < -0.39 is 10.2 Å². The normalized spacial score (nSPS) is 11.9. The Balaban J connectivity index is 3.21. The predicted octanol–water partition coefficient (Wildman–Crippen LogP) is 1.28. The third-order valence-electron chi connectivity index (χ3n) is 2.89. The molecule has 0 amide bonds. The smallest absolute Gasteiger partial charge is 0.301 e. The van der Waals surface area contributed by atoms with Gasteiger partial charge in [0.2, 0.25) is 0 Å². The van der Waals surface area contributed by atoms with Gasteiger partial charge in [-0.25, -0.2) is 0 Å². The van der Waals surface area contributed by atoms with E-state index in [4.69, 9.17) is 11.1 Å². The lowest BCUT2D eigenvalue weighted by Crippen LogP contribution is -2.37. The zero-order valence-corrected chi connectivity index (χ0v) is 12.4. The Morgan fingerprint density at radius 2 is 2.00 bits per heavy atom. The largest absolute Gasteiger partial charge is 0.384 e. The number of nitrogen functional groups attached to an aromatic ring is 1. The maximum atomic E-state index is 12.1. The van der Waals surface area contributed by atoms with Crippen LogP contribution in [-0.2, 0) is 10.2 Å². The molecule has 1 aromatic carbocycles. The molecule has 0 aromatic heterocycles. The third kappa shape index (κ3) is 3.45.